The highest BCUT2D eigenvalue weighted by atomic mass is 14.6. The smallest absolute Gasteiger partial charge is 0.00459 e. The second-order valence-electron chi connectivity index (χ2n) is 6.87. The molecule has 0 spiro atoms. The second kappa shape index (κ2) is 9.84. The topological polar surface area (TPSA) is 26.0 Å². The molecule has 0 aromatic heterocycles. The highest BCUT2D eigenvalue weighted by Gasteiger charge is 2.33. The van der Waals surface area contributed by atoms with Crippen LogP contribution in [0, 0.1) is 17.8 Å². The lowest BCUT2D eigenvalue weighted by Crippen LogP contribution is -2.23. The first-order valence-corrected chi connectivity index (χ1v) is 9.25. The summed E-state index contributed by atoms with van der Waals surface area (Å²) in [6.45, 7) is 3.12. The van der Waals surface area contributed by atoms with Gasteiger partial charge in [0, 0.05) is 0 Å². The Balaban J connectivity index is 1.87. The van der Waals surface area contributed by atoms with Gasteiger partial charge in [0.2, 0.25) is 0 Å². The van der Waals surface area contributed by atoms with Crippen molar-refractivity contribution in [3.63, 3.8) is 0 Å². The van der Waals surface area contributed by atoms with E-state index in [1.165, 1.54) is 56.9 Å². The molecule has 2 rings (SSSR count). The average molecular weight is 300 g/mol. The van der Waals surface area contributed by atoms with E-state index in [-0.39, 0.29) is 0 Å². The molecule has 0 amide bonds. The van der Waals surface area contributed by atoms with Crippen LogP contribution in [0.25, 0.3) is 0 Å². The zero-order valence-electron chi connectivity index (χ0n) is 14.2. The molecular formula is C21H33N. The number of rotatable bonds is 9. The van der Waals surface area contributed by atoms with Crippen molar-refractivity contribution in [3.8, 4) is 0 Å². The summed E-state index contributed by atoms with van der Waals surface area (Å²) in [5, 5.41) is 0. The molecule has 1 unspecified atom stereocenters. The van der Waals surface area contributed by atoms with Gasteiger partial charge in [-0.3, -0.25) is 0 Å². The summed E-state index contributed by atoms with van der Waals surface area (Å²) in [6.07, 6.45) is 15.4. The third-order valence-electron chi connectivity index (χ3n) is 5.25. The third kappa shape index (κ3) is 5.28. The van der Waals surface area contributed by atoms with E-state index in [0.29, 0.717) is 5.92 Å². The van der Waals surface area contributed by atoms with Crippen LogP contribution in [0.1, 0.15) is 57.4 Å². The maximum absolute atomic E-state index is 6.03. The summed E-state index contributed by atoms with van der Waals surface area (Å²) in [4.78, 5) is 0. The highest BCUT2D eigenvalue weighted by molar-refractivity contribution is 5.17. The van der Waals surface area contributed by atoms with Crippen LogP contribution in [0.3, 0.4) is 0 Å². The summed E-state index contributed by atoms with van der Waals surface area (Å²) >= 11 is 0. The quantitative estimate of drug-likeness (QED) is 0.482. The van der Waals surface area contributed by atoms with Crippen LogP contribution in [0.4, 0.5) is 0 Å². The van der Waals surface area contributed by atoms with E-state index in [2.05, 4.69) is 49.4 Å². The Morgan fingerprint density at radius 3 is 2.64 bits per heavy atom. The molecule has 0 saturated heterocycles. The fraction of sp³-hybridized carbons (Fsp3) is 0.619. The normalized spacial score (nSPS) is 25.1. The Morgan fingerprint density at radius 2 is 1.91 bits per heavy atom. The lowest BCUT2D eigenvalue weighted by molar-refractivity contribution is 0.351. The van der Waals surface area contributed by atoms with Crippen molar-refractivity contribution in [2.24, 2.45) is 23.5 Å². The number of nitrogens with two attached hydrogens (primary N) is 1. The molecule has 1 aliphatic carbocycles. The van der Waals surface area contributed by atoms with Crippen LogP contribution in [-0.4, -0.2) is 6.54 Å². The Kier molecular flexibility index (Phi) is 7.73. The molecule has 1 nitrogen and oxygen atoms in total. The number of hydrogen-bond acceptors (Lipinski definition) is 1. The van der Waals surface area contributed by atoms with E-state index in [1.807, 2.05) is 0 Å². The second-order valence-corrected chi connectivity index (χ2v) is 6.87. The molecule has 0 aliphatic heterocycles. The fourth-order valence-electron chi connectivity index (χ4n) is 3.88. The van der Waals surface area contributed by atoms with Gasteiger partial charge in [-0.15, -0.1) is 0 Å². The first-order chi connectivity index (χ1) is 10.8. The predicted octanol–water partition coefficient (Wildman–Crippen LogP) is 5.36. The average Bonchev–Trinajstić information content (AvgIpc) is 2.94. The van der Waals surface area contributed by atoms with Gasteiger partial charge in [0.05, 0.1) is 0 Å². The van der Waals surface area contributed by atoms with Crippen molar-refractivity contribution in [2.45, 2.75) is 58.3 Å². The number of unbranched alkanes of at least 4 members (excludes halogenated alkanes) is 4. The molecule has 0 heterocycles. The molecule has 1 aromatic carbocycles. The minimum atomic E-state index is 0.704. The van der Waals surface area contributed by atoms with E-state index in [0.717, 1.165) is 18.4 Å². The molecule has 0 bridgehead atoms. The van der Waals surface area contributed by atoms with Crippen LogP contribution in [0.5, 0.6) is 0 Å². The summed E-state index contributed by atoms with van der Waals surface area (Å²) in [6, 6.07) is 10.9. The largest absolute Gasteiger partial charge is 0.330 e. The Morgan fingerprint density at radius 1 is 1.09 bits per heavy atom. The van der Waals surface area contributed by atoms with E-state index in [1.54, 1.807) is 0 Å². The maximum atomic E-state index is 6.03. The molecule has 1 aliphatic rings. The molecule has 122 valence electrons. The minimum Gasteiger partial charge on any atom is -0.330 e. The Labute approximate surface area is 137 Å². The van der Waals surface area contributed by atoms with Gasteiger partial charge in [-0.2, -0.15) is 0 Å². The summed E-state index contributed by atoms with van der Waals surface area (Å²) in [5.41, 5.74) is 7.49. The van der Waals surface area contributed by atoms with Crippen molar-refractivity contribution in [1.82, 2.24) is 0 Å². The van der Waals surface area contributed by atoms with Crippen LogP contribution in [-0.2, 0) is 6.42 Å². The summed E-state index contributed by atoms with van der Waals surface area (Å²) in [7, 11) is 0. The van der Waals surface area contributed by atoms with Gasteiger partial charge in [-0.05, 0) is 62.0 Å². The fourth-order valence-corrected chi connectivity index (χ4v) is 3.88. The molecule has 0 radical (unpaired) electrons. The molecule has 1 aromatic rings. The van der Waals surface area contributed by atoms with Crippen molar-refractivity contribution in [2.75, 3.05) is 6.54 Å². The van der Waals surface area contributed by atoms with E-state index >= 15 is 0 Å². The molecular weight excluding hydrogens is 266 g/mol. The summed E-state index contributed by atoms with van der Waals surface area (Å²) < 4.78 is 0. The maximum Gasteiger partial charge on any atom is -0.00459 e. The molecule has 1 heteroatoms. The zero-order valence-corrected chi connectivity index (χ0v) is 14.2. The van der Waals surface area contributed by atoms with Crippen molar-refractivity contribution in [1.29, 1.82) is 0 Å². The lowest BCUT2D eigenvalue weighted by atomic mass is 9.83. The number of allylic oxidation sites excluding steroid dienone is 2. The molecule has 1 saturated carbocycles. The zero-order chi connectivity index (χ0) is 15.6. The van der Waals surface area contributed by atoms with Gasteiger partial charge in [0.1, 0.15) is 0 Å². The SMILES string of the molecule is CCCCCC/C=C/C1CC[C@H](CN)[C@@H]1Cc1ccccc1. The lowest BCUT2D eigenvalue weighted by Gasteiger charge is -2.22. The minimum absolute atomic E-state index is 0.704. The first-order valence-electron chi connectivity index (χ1n) is 9.25. The van der Waals surface area contributed by atoms with Gasteiger partial charge >= 0.3 is 0 Å². The van der Waals surface area contributed by atoms with Gasteiger partial charge in [-0.1, -0.05) is 68.7 Å². The van der Waals surface area contributed by atoms with Gasteiger partial charge in [0.25, 0.3) is 0 Å². The predicted molar refractivity (Wildman–Crippen MR) is 96.8 cm³/mol. The van der Waals surface area contributed by atoms with E-state index in [9.17, 15) is 0 Å². The van der Waals surface area contributed by atoms with E-state index in [4.69, 9.17) is 5.73 Å². The van der Waals surface area contributed by atoms with Crippen molar-refractivity contribution < 1.29 is 0 Å². The Hall–Kier alpha value is -1.08. The van der Waals surface area contributed by atoms with Crippen LogP contribution >= 0.6 is 0 Å². The van der Waals surface area contributed by atoms with Crippen LogP contribution < -0.4 is 5.73 Å². The highest BCUT2D eigenvalue weighted by Crippen LogP contribution is 2.39. The van der Waals surface area contributed by atoms with Crippen LogP contribution in [0.2, 0.25) is 0 Å². The molecule has 2 N–H and O–H groups in total. The Bertz CT molecular complexity index is 423. The van der Waals surface area contributed by atoms with Gasteiger partial charge < -0.3 is 5.73 Å². The summed E-state index contributed by atoms with van der Waals surface area (Å²) in [5.74, 6) is 2.18. The van der Waals surface area contributed by atoms with Crippen molar-refractivity contribution >= 4 is 0 Å². The monoisotopic (exact) mass is 299 g/mol. The van der Waals surface area contributed by atoms with Gasteiger partial charge in [0.15, 0.2) is 0 Å². The van der Waals surface area contributed by atoms with E-state index < -0.39 is 0 Å². The molecule has 1 fully saturated rings. The molecule has 22 heavy (non-hydrogen) atoms. The van der Waals surface area contributed by atoms with Crippen molar-refractivity contribution in [3.05, 3.63) is 48.0 Å². The standard InChI is InChI=1S/C21H33N/c1-2-3-4-5-6-10-13-19-14-15-20(17-22)21(19)16-18-11-8-7-9-12-18/h7-13,19-21H,2-6,14-17,22H2,1H3/b13-10+/t19?,20-,21-/m1/s1. The number of hydrogen-bond donors (Lipinski definition) is 1. The van der Waals surface area contributed by atoms with Gasteiger partial charge in [-0.25, -0.2) is 0 Å². The first kappa shape index (κ1) is 17.3. The third-order valence-corrected chi connectivity index (χ3v) is 5.25. The molecule has 3 atom stereocenters. The number of benzene rings is 1. The van der Waals surface area contributed by atoms with Crippen LogP contribution in [0.15, 0.2) is 42.5 Å².